The van der Waals surface area contributed by atoms with Crippen molar-refractivity contribution >= 4 is 0 Å². The lowest BCUT2D eigenvalue weighted by Gasteiger charge is -2.33. The van der Waals surface area contributed by atoms with Crippen LogP contribution in [0.1, 0.15) is 46.5 Å². The van der Waals surface area contributed by atoms with Gasteiger partial charge in [0.15, 0.2) is 0 Å². The fourth-order valence-corrected chi connectivity index (χ4v) is 2.35. The monoisotopic (exact) mass is 213 g/mol. The van der Waals surface area contributed by atoms with Crippen molar-refractivity contribution in [1.82, 2.24) is 4.90 Å². The molecule has 1 rings (SSSR count). The minimum atomic E-state index is 0.788. The molecule has 0 spiro atoms. The van der Waals surface area contributed by atoms with Crippen LogP contribution in [0.15, 0.2) is 0 Å². The van der Waals surface area contributed by atoms with Gasteiger partial charge < -0.3 is 9.64 Å². The summed E-state index contributed by atoms with van der Waals surface area (Å²) in [6, 6.07) is 0.788. The van der Waals surface area contributed by atoms with E-state index in [9.17, 15) is 0 Å². The van der Waals surface area contributed by atoms with Crippen molar-refractivity contribution in [2.24, 2.45) is 5.92 Å². The Bertz CT molecular complexity index is 153. The van der Waals surface area contributed by atoms with E-state index in [1.807, 2.05) is 0 Å². The number of rotatable bonds is 6. The molecule has 0 N–H and O–H groups in total. The van der Waals surface area contributed by atoms with E-state index in [-0.39, 0.29) is 0 Å². The van der Waals surface area contributed by atoms with Gasteiger partial charge in [0.05, 0.1) is 0 Å². The predicted octanol–water partition coefficient (Wildman–Crippen LogP) is 2.92. The molecule has 0 aromatic rings. The van der Waals surface area contributed by atoms with E-state index in [0.29, 0.717) is 0 Å². The van der Waals surface area contributed by atoms with Crippen molar-refractivity contribution in [3.8, 4) is 0 Å². The maximum Gasteiger partial charge on any atom is 0.0480 e. The molecule has 1 heterocycles. The highest BCUT2D eigenvalue weighted by molar-refractivity contribution is 4.73. The van der Waals surface area contributed by atoms with Crippen LogP contribution in [0, 0.1) is 5.92 Å². The number of hydrogen-bond donors (Lipinski definition) is 0. The lowest BCUT2D eigenvalue weighted by atomic mass is 10.0. The van der Waals surface area contributed by atoms with Crippen LogP contribution < -0.4 is 0 Å². The Labute approximate surface area is 95.0 Å². The number of ether oxygens (including phenoxy) is 1. The maximum absolute atomic E-state index is 5.41. The molecule has 2 nitrogen and oxygen atoms in total. The van der Waals surface area contributed by atoms with Crippen molar-refractivity contribution in [1.29, 1.82) is 0 Å². The third-order valence-electron chi connectivity index (χ3n) is 3.34. The van der Waals surface area contributed by atoms with Gasteiger partial charge in [-0.3, -0.25) is 0 Å². The molecular formula is C13H27NO. The maximum atomic E-state index is 5.41. The molecule has 0 amide bonds. The van der Waals surface area contributed by atoms with Gasteiger partial charge in [-0.1, -0.05) is 20.8 Å². The molecule has 15 heavy (non-hydrogen) atoms. The van der Waals surface area contributed by atoms with E-state index in [4.69, 9.17) is 4.74 Å². The highest BCUT2D eigenvalue weighted by Crippen LogP contribution is 2.15. The van der Waals surface area contributed by atoms with Crippen LogP contribution in [0.4, 0.5) is 0 Å². The Morgan fingerprint density at radius 2 is 1.93 bits per heavy atom. The van der Waals surface area contributed by atoms with Gasteiger partial charge in [0, 0.05) is 19.3 Å². The smallest absolute Gasteiger partial charge is 0.0480 e. The summed E-state index contributed by atoms with van der Waals surface area (Å²) >= 11 is 0. The fraction of sp³-hybridized carbons (Fsp3) is 1.00. The van der Waals surface area contributed by atoms with E-state index in [0.717, 1.165) is 25.2 Å². The molecule has 0 aliphatic carbocycles. The van der Waals surface area contributed by atoms with Gasteiger partial charge in [0.25, 0.3) is 0 Å². The Kier molecular flexibility index (Phi) is 6.26. The summed E-state index contributed by atoms with van der Waals surface area (Å²) in [5.74, 6) is 0.846. The van der Waals surface area contributed by atoms with E-state index >= 15 is 0 Å². The standard InChI is InChI=1S/C13H27NO/c1-4-14(9-5-6-12(2)3)13-7-10-15-11-8-13/h12-13H,4-11H2,1-3H3. The largest absolute Gasteiger partial charge is 0.381 e. The molecule has 1 aliphatic heterocycles. The highest BCUT2D eigenvalue weighted by Gasteiger charge is 2.19. The van der Waals surface area contributed by atoms with E-state index in [2.05, 4.69) is 25.7 Å². The third-order valence-corrected chi connectivity index (χ3v) is 3.34. The molecule has 0 aromatic carbocycles. The van der Waals surface area contributed by atoms with Crippen LogP contribution in [0.3, 0.4) is 0 Å². The van der Waals surface area contributed by atoms with Crippen molar-refractivity contribution in [3.63, 3.8) is 0 Å². The van der Waals surface area contributed by atoms with Crippen molar-refractivity contribution in [2.75, 3.05) is 26.3 Å². The van der Waals surface area contributed by atoms with E-state index in [1.54, 1.807) is 0 Å². The molecule has 90 valence electrons. The molecule has 0 atom stereocenters. The predicted molar refractivity (Wildman–Crippen MR) is 65.2 cm³/mol. The van der Waals surface area contributed by atoms with Gasteiger partial charge in [-0.15, -0.1) is 0 Å². The zero-order valence-corrected chi connectivity index (χ0v) is 10.7. The molecule has 1 aliphatic rings. The zero-order valence-electron chi connectivity index (χ0n) is 10.7. The third kappa shape index (κ3) is 4.98. The molecule has 1 fully saturated rings. The SMILES string of the molecule is CCN(CCCC(C)C)C1CCOCC1. The van der Waals surface area contributed by atoms with Crippen LogP contribution in [-0.4, -0.2) is 37.2 Å². The summed E-state index contributed by atoms with van der Waals surface area (Å²) < 4.78 is 5.41. The first-order chi connectivity index (χ1) is 7.24. The zero-order chi connectivity index (χ0) is 11.1. The second-order valence-corrected chi connectivity index (χ2v) is 5.01. The van der Waals surface area contributed by atoms with Crippen LogP contribution >= 0.6 is 0 Å². The summed E-state index contributed by atoms with van der Waals surface area (Å²) in [6.07, 6.45) is 5.17. The molecule has 0 aromatic heterocycles. The minimum absolute atomic E-state index is 0.788. The first-order valence-electron chi connectivity index (χ1n) is 6.55. The average Bonchev–Trinajstić information content (AvgIpc) is 2.25. The number of hydrogen-bond acceptors (Lipinski definition) is 2. The van der Waals surface area contributed by atoms with E-state index < -0.39 is 0 Å². The second kappa shape index (κ2) is 7.24. The molecular weight excluding hydrogens is 186 g/mol. The minimum Gasteiger partial charge on any atom is -0.381 e. The summed E-state index contributed by atoms with van der Waals surface area (Å²) in [5.41, 5.74) is 0. The molecule has 2 heteroatoms. The second-order valence-electron chi connectivity index (χ2n) is 5.01. The molecule has 0 saturated carbocycles. The van der Waals surface area contributed by atoms with Crippen LogP contribution in [0.5, 0.6) is 0 Å². The van der Waals surface area contributed by atoms with E-state index in [1.165, 1.54) is 38.8 Å². The fourth-order valence-electron chi connectivity index (χ4n) is 2.35. The summed E-state index contributed by atoms with van der Waals surface area (Å²) in [5, 5.41) is 0. The average molecular weight is 213 g/mol. The Balaban J connectivity index is 2.21. The molecule has 0 bridgehead atoms. The van der Waals surface area contributed by atoms with Gasteiger partial charge in [-0.2, -0.15) is 0 Å². The summed E-state index contributed by atoms with van der Waals surface area (Å²) in [7, 11) is 0. The Morgan fingerprint density at radius 1 is 1.27 bits per heavy atom. The Hall–Kier alpha value is -0.0800. The van der Waals surface area contributed by atoms with Crippen LogP contribution in [-0.2, 0) is 4.74 Å². The van der Waals surface area contributed by atoms with Crippen LogP contribution in [0.25, 0.3) is 0 Å². The molecule has 1 saturated heterocycles. The van der Waals surface area contributed by atoms with Crippen molar-refractivity contribution < 1.29 is 4.74 Å². The lowest BCUT2D eigenvalue weighted by Crippen LogP contribution is -2.39. The van der Waals surface area contributed by atoms with Gasteiger partial charge in [0.2, 0.25) is 0 Å². The topological polar surface area (TPSA) is 12.5 Å². The summed E-state index contributed by atoms with van der Waals surface area (Å²) in [4.78, 5) is 2.64. The molecule has 0 radical (unpaired) electrons. The quantitative estimate of drug-likeness (QED) is 0.672. The normalized spacial score (nSPS) is 19.0. The Morgan fingerprint density at radius 3 is 2.47 bits per heavy atom. The van der Waals surface area contributed by atoms with Gasteiger partial charge in [-0.25, -0.2) is 0 Å². The van der Waals surface area contributed by atoms with Crippen molar-refractivity contribution in [3.05, 3.63) is 0 Å². The first-order valence-corrected chi connectivity index (χ1v) is 6.55. The van der Waals surface area contributed by atoms with Crippen LogP contribution in [0.2, 0.25) is 0 Å². The van der Waals surface area contributed by atoms with Gasteiger partial charge in [0.1, 0.15) is 0 Å². The highest BCUT2D eigenvalue weighted by atomic mass is 16.5. The summed E-state index contributed by atoms with van der Waals surface area (Å²) in [6.45, 7) is 11.3. The lowest BCUT2D eigenvalue weighted by molar-refractivity contribution is 0.0350. The first kappa shape index (κ1) is 13.0. The number of nitrogens with zero attached hydrogens (tertiary/aromatic N) is 1. The van der Waals surface area contributed by atoms with Gasteiger partial charge >= 0.3 is 0 Å². The van der Waals surface area contributed by atoms with Crippen molar-refractivity contribution in [2.45, 2.75) is 52.5 Å². The molecule has 0 unspecified atom stereocenters. The van der Waals surface area contributed by atoms with Gasteiger partial charge in [-0.05, 0) is 44.7 Å².